The average Bonchev–Trinajstić information content (AvgIpc) is 2.80. The van der Waals surface area contributed by atoms with Crippen molar-refractivity contribution >= 4 is 29.5 Å². The minimum absolute atomic E-state index is 0.120. The highest BCUT2D eigenvalue weighted by atomic mass is 32.2. The molecule has 0 aliphatic carbocycles. The molecule has 98 valence electrons. The van der Waals surface area contributed by atoms with Crippen molar-refractivity contribution in [2.75, 3.05) is 19.3 Å². The van der Waals surface area contributed by atoms with Crippen LogP contribution in [0.2, 0.25) is 0 Å². The molecule has 2 rings (SSSR count). The Kier molecular flexibility index (Phi) is 3.72. The first kappa shape index (κ1) is 13.1. The largest absolute Gasteiger partial charge is 0.373 e. The smallest absolute Gasteiger partial charge is 0.253 e. The number of aliphatic hydroxyl groups is 1. The molecule has 0 aromatic heterocycles. The van der Waals surface area contributed by atoms with E-state index in [1.54, 1.807) is 0 Å². The van der Waals surface area contributed by atoms with Crippen molar-refractivity contribution in [1.29, 1.82) is 0 Å². The molecule has 0 radical (unpaired) electrons. The first-order chi connectivity index (χ1) is 8.54. The Balaban J connectivity index is 1.93. The second-order valence-corrected chi connectivity index (χ2v) is 5.17. The zero-order valence-electron chi connectivity index (χ0n) is 9.91. The molecule has 18 heavy (non-hydrogen) atoms. The summed E-state index contributed by atoms with van der Waals surface area (Å²) in [6.07, 6.45) is 3.79. The maximum atomic E-state index is 11.9. The third kappa shape index (κ3) is 2.28. The Hall–Kier alpha value is -1.34. The summed E-state index contributed by atoms with van der Waals surface area (Å²) < 4.78 is 0. The summed E-state index contributed by atoms with van der Waals surface area (Å²) in [6.45, 7) is 0.296. The molecule has 2 heterocycles. The van der Waals surface area contributed by atoms with E-state index in [4.69, 9.17) is 0 Å². The van der Waals surface area contributed by atoms with Gasteiger partial charge in [-0.1, -0.05) is 0 Å². The van der Waals surface area contributed by atoms with Gasteiger partial charge >= 0.3 is 0 Å². The van der Waals surface area contributed by atoms with Crippen molar-refractivity contribution < 1.29 is 19.5 Å². The minimum Gasteiger partial charge on any atom is -0.373 e. The molecule has 0 bridgehead atoms. The second kappa shape index (κ2) is 5.11. The molecule has 1 saturated heterocycles. The summed E-state index contributed by atoms with van der Waals surface area (Å²) >= 11 is 1.40. The van der Waals surface area contributed by atoms with Crippen molar-refractivity contribution in [3.63, 3.8) is 0 Å². The third-order valence-electron chi connectivity index (χ3n) is 3.09. The van der Waals surface area contributed by atoms with Crippen LogP contribution in [0.1, 0.15) is 6.42 Å². The van der Waals surface area contributed by atoms with E-state index in [-0.39, 0.29) is 36.1 Å². The lowest BCUT2D eigenvalue weighted by Gasteiger charge is -2.23. The van der Waals surface area contributed by atoms with Gasteiger partial charge in [-0.05, 0) is 6.26 Å². The van der Waals surface area contributed by atoms with Crippen LogP contribution in [-0.4, -0.2) is 63.5 Å². The van der Waals surface area contributed by atoms with Gasteiger partial charge in [0.15, 0.2) is 0 Å². The fourth-order valence-electron chi connectivity index (χ4n) is 2.07. The molecule has 3 amide bonds. The van der Waals surface area contributed by atoms with E-state index in [0.717, 1.165) is 4.90 Å². The van der Waals surface area contributed by atoms with Gasteiger partial charge in [0.1, 0.15) is 6.23 Å². The number of rotatable bonds is 4. The van der Waals surface area contributed by atoms with Gasteiger partial charge in [-0.3, -0.25) is 19.3 Å². The SMILES string of the molecule is CSC1CC(O)N(CCN2C(=O)C=CC2=O)C1=O. The summed E-state index contributed by atoms with van der Waals surface area (Å²) in [6, 6.07) is 0. The summed E-state index contributed by atoms with van der Waals surface area (Å²) in [5.41, 5.74) is 0. The Labute approximate surface area is 109 Å². The normalized spacial score (nSPS) is 27.8. The number of hydrogen-bond acceptors (Lipinski definition) is 5. The van der Waals surface area contributed by atoms with Gasteiger partial charge in [0.2, 0.25) is 5.91 Å². The number of aliphatic hydroxyl groups excluding tert-OH is 1. The van der Waals surface area contributed by atoms with Gasteiger partial charge in [0.25, 0.3) is 11.8 Å². The van der Waals surface area contributed by atoms with Crippen molar-refractivity contribution in [3.8, 4) is 0 Å². The Morgan fingerprint density at radius 2 is 1.89 bits per heavy atom. The third-order valence-corrected chi connectivity index (χ3v) is 4.06. The fraction of sp³-hybridized carbons (Fsp3) is 0.545. The molecule has 2 unspecified atom stereocenters. The van der Waals surface area contributed by atoms with Gasteiger partial charge in [0, 0.05) is 31.7 Å². The molecule has 0 saturated carbocycles. The molecule has 2 aliphatic rings. The number of hydrogen-bond donors (Lipinski definition) is 1. The van der Waals surface area contributed by atoms with E-state index in [0.29, 0.717) is 6.42 Å². The van der Waals surface area contributed by atoms with Crippen molar-refractivity contribution in [3.05, 3.63) is 12.2 Å². The monoisotopic (exact) mass is 270 g/mol. The van der Waals surface area contributed by atoms with Crippen molar-refractivity contribution in [2.45, 2.75) is 17.9 Å². The van der Waals surface area contributed by atoms with Gasteiger partial charge < -0.3 is 10.0 Å². The lowest BCUT2D eigenvalue weighted by atomic mass is 10.3. The summed E-state index contributed by atoms with van der Waals surface area (Å²) in [4.78, 5) is 36.9. The van der Waals surface area contributed by atoms with Crippen LogP contribution < -0.4 is 0 Å². The highest BCUT2D eigenvalue weighted by Gasteiger charge is 2.38. The van der Waals surface area contributed by atoms with Crippen LogP contribution in [0, 0.1) is 0 Å². The lowest BCUT2D eigenvalue weighted by molar-refractivity contribution is -0.140. The van der Waals surface area contributed by atoms with E-state index in [9.17, 15) is 19.5 Å². The van der Waals surface area contributed by atoms with E-state index in [1.165, 1.54) is 28.8 Å². The number of likely N-dealkylation sites (tertiary alicyclic amines) is 1. The quantitative estimate of drug-likeness (QED) is 0.676. The highest BCUT2D eigenvalue weighted by Crippen LogP contribution is 2.25. The van der Waals surface area contributed by atoms with Crippen LogP contribution in [-0.2, 0) is 14.4 Å². The number of carbonyl (C=O) groups is 3. The zero-order valence-corrected chi connectivity index (χ0v) is 10.7. The number of thioether (sulfide) groups is 1. The molecule has 0 aromatic carbocycles. The first-order valence-corrected chi connectivity index (χ1v) is 6.88. The average molecular weight is 270 g/mol. The molecule has 6 nitrogen and oxygen atoms in total. The number of imide groups is 1. The Morgan fingerprint density at radius 3 is 2.39 bits per heavy atom. The van der Waals surface area contributed by atoms with E-state index >= 15 is 0 Å². The van der Waals surface area contributed by atoms with Crippen molar-refractivity contribution in [2.24, 2.45) is 0 Å². The Morgan fingerprint density at radius 1 is 1.28 bits per heavy atom. The second-order valence-electron chi connectivity index (χ2n) is 4.13. The Bertz CT molecular complexity index is 405. The first-order valence-electron chi connectivity index (χ1n) is 5.59. The molecule has 7 heteroatoms. The van der Waals surface area contributed by atoms with Crippen LogP contribution in [0.3, 0.4) is 0 Å². The van der Waals surface area contributed by atoms with Gasteiger partial charge in [-0.2, -0.15) is 11.8 Å². The van der Waals surface area contributed by atoms with Crippen LogP contribution in [0.4, 0.5) is 0 Å². The molecular formula is C11H14N2O4S. The minimum atomic E-state index is -0.823. The molecule has 0 spiro atoms. The topological polar surface area (TPSA) is 77.9 Å². The molecule has 2 atom stereocenters. The number of nitrogens with zero attached hydrogens (tertiary/aromatic N) is 2. The van der Waals surface area contributed by atoms with Gasteiger partial charge in [-0.25, -0.2) is 0 Å². The molecular weight excluding hydrogens is 256 g/mol. The number of amides is 3. The summed E-state index contributed by atoms with van der Waals surface area (Å²) in [5.74, 6) is -0.882. The zero-order chi connectivity index (χ0) is 13.3. The lowest BCUT2D eigenvalue weighted by Crippen LogP contribution is -2.42. The van der Waals surface area contributed by atoms with E-state index < -0.39 is 6.23 Å². The summed E-state index contributed by atoms with van der Waals surface area (Å²) in [7, 11) is 0. The molecule has 0 aromatic rings. The van der Waals surface area contributed by atoms with Crippen molar-refractivity contribution in [1.82, 2.24) is 9.80 Å². The molecule has 1 N–H and O–H groups in total. The fourth-order valence-corrected chi connectivity index (χ4v) is 2.77. The predicted molar refractivity (Wildman–Crippen MR) is 65.5 cm³/mol. The summed E-state index contributed by atoms with van der Waals surface area (Å²) in [5, 5.41) is 9.52. The van der Waals surface area contributed by atoms with E-state index in [1.807, 2.05) is 6.26 Å². The standard InChI is InChI=1S/C11H14N2O4S/c1-18-7-6-10(16)13(11(7)17)5-4-12-8(14)2-3-9(12)15/h2-3,7,10,16H,4-6H2,1H3. The van der Waals surface area contributed by atoms with E-state index in [2.05, 4.69) is 0 Å². The van der Waals surface area contributed by atoms with Crippen LogP contribution in [0.25, 0.3) is 0 Å². The van der Waals surface area contributed by atoms with Crippen LogP contribution in [0.15, 0.2) is 12.2 Å². The highest BCUT2D eigenvalue weighted by molar-refractivity contribution is 7.99. The number of carbonyl (C=O) groups excluding carboxylic acids is 3. The predicted octanol–water partition coefficient (Wildman–Crippen LogP) is -0.806. The maximum Gasteiger partial charge on any atom is 0.253 e. The van der Waals surface area contributed by atoms with Crippen LogP contribution in [0.5, 0.6) is 0 Å². The molecule has 2 aliphatic heterocycles. The van der Waals surface area contributed by atoms with Crippen LogP contribution >= 0.6 is 11.8 Å². The maximum absolute atomic E-state index is 11.9. The molecule has 1 fully saturated rings. The van der Waals surface area contributed by atoms with Gasteiger partial charge in [-0.15, -0.1) is 0 Å². The van der Waals surface area contributed by atoms with Gasteiger partial charge in [0.05, 0.1) is 5.25 Å².